The zero-order valence-electron chi connectivity index (χ0n) is 14.4. The predicted octanol–water partition coefficient (Wildman–Crippen LogP) is 4.01. The predicted molar refractivity (Wildman–Crippen MR) is 97.1 cm³/mol. The molecule has 2 aromatic carbocycles. The molecule has 0 atom stereocenters. The molecule has 0 aliphatic heterocycles. The minimum atomic E-state index is -0.284. The van der Waals surface area contributed by atoms with Crippen LogP contribution in [0.25, 0.3) is 0 Å². The molecule has 1 heterocycles. The summed E-state index contributed by atoms with van der Waals surface area (Å²) in [6.07, 6.45) is 0. The molecule has 0 saturated heterocycles. The number of ether oxygens (including phenoxy) is 1. The maximum Gasteiger partial charge on any atom is 0.322 e. The fourth-order valence-corrected chi connectivity index (χ4v) is 2.38. The van der Waals surface area contributed by atoms with E-state index in [-0.39, 0.29) is 11.9 Å². The highest BCUT2D eigenvalue weighted by molar-refractivity contribution is 6.04. The number of hydrogen-bond donors (Lipinski definition) is 1. The van der Waals surface area contributed by atoms with Crippen LogP contribution in [0, 0.1) is 25.2 Å². The van der Waals surface area contributed by atoms with Crippen LogP contribution >= 0.6 is 0 Å². The second kappa shape index (κ2) is 7.45. The maximum atomic E-state index is 12.3. The van der Waals surface area contributed by atoms with Gasteiger partial charge in [-0.2, -0.15) is 5.26 Å². The molecule has 3 rings (SSSR count). The van der Waals surface area contributed by atoms with Crippen molar-refractivity contribution in [1.82, 2.24) is 9.97 Å². The first kappa shape index (κ1) is 17.1. The molecule has 1 N–H and O–H groups in total. The van der Waals surface area contributed by atoms with E-state index in [9.17, 15) is 4.79 Å². The second-order valence-electron chi connectivity index (χ2n) is 5.71. The van der Waals surface area contributed by atoms with Crippen LogP contribution in [-0.2, 0) is 0 Å². The minimum Gasteiger partial charge on any atom is -0.424 e. The standard InChI is InChI=1S/C20H16N4O2/c1-13-10-14(2)23-20(22-13)26-18-8-6-17(7-9-18)24-19(25)16-5-3-4-15(11-16)12-21/h3-11H,1-2H3,(H,24,25). The number of hydrogen-bond acceptors (Lipinski definition) is 5. The Bertz CT molecular complexity index is 971. The number of nitrogens with zero attached hydrogens (tertiary/aromatic N) is 3. The summed E-state index contributed by atoms with van der Waals surface area (Å²) in [6.45, 7) is 3.75. The Balaban J connectivity index is 1.69. The van der Waals surface area contributed by atoms with E-state index in [2.05, 4.69) is 15.3 Å². The van der Waals surface area contributed by atoms with Crippen LogP contribution in [0.3, 0.4) is 0 Å². The normalized spacial score (nSPS) is 10.0. The highest BCUT2D eigenvalue weighted by atomic mass is 16.5. The van der Waals surface area contributed by atoms with Gasteiger partial charge in [-0.3, -0.25) is 4.79 Å². The lowest BCUT2D eigenvalue weighted by molar-refractivity contribution is 0.102. The maximum absolute atomic E-state index is 12.3. The summed E-state index contributed by atoms with van der Waals surface area (Å²) in [7, 11) is 0. The number of rotatable bonds is 4. The number of carbonyl (C=O) groups excluding carboxylic acids is 1. The van der Waals surface area contributed by atoms with Crippen molar-refractivity contribution in [2.45, 2.75) is 13.8 Å². The molecule has 6 nitrogen and oxygen atoms in total. The molecule has 6 heteroatoms. The molecule has 1 amide bonds. The van der Waals surface area contributed by atoms with Crippen LogP contribution < -0.4 is 10.1 Å². The van der Waals surface area contributed by atoms with Gasteiger partial charge >= 0.3 is 6.01 Å². The number of aromatic nitrogens is 2. The summed E-state index contributed by atoms with van der Waals surface area (Å²) in [4.78, 5) is 20.7. The number of amides is 1. The fraction of sp³-hybridized carbons (Fsp3) is 0.100. The molecular formula is C20H16N4O2. The van der Waals surface area contributed by atoms with E-state index in [1.54, 1.807) is 48.5 Å². The second-order valence-corrected chi connectivity index (χ2v) is 5.71. The van der Waals surface area contributed by atoms with Crippen LogP contribution in [-0.4, -0.2) is 15.9 Å². The average Bonchev–Trinajstić information content (AvgIpc) is 2.62. The first-order chi connectivity index (χ1) is 12.5. The van der Waals surface area contributed by atoms with Gasteiger partial charge in [-0.05, 0) is 62.4 Å². The molecule has 0 aliphatic carbocycles. The van der Waals surface area contributed by atoms with Crippen LogP contribution in [0.15, 0.2) is 54.6 Å². The molecule has 0 fully saturated rings. The lowest BCUT2D eigenvalue weighted by Gasteiger charge is -2.08. The van der Waals surface area contributed by atoms with Crippen molar-refractivity contribution >= 4 is 11.6 Å². The molecule has 1 aromatic heterocycles. The highest BCUT2D eigenvalue weighted by Crippen LogP contribution is 2.21. The largest absolute Gasteiger partial charge is 0.424 e. The Kier molecular flexibility index (Phi) is 4.90. The van der Waals surface area contributed by atoms with Gasteiger partial charge < -0.3 is 10.1 Å². The number of aryl methyl sites for hydroxylation is 2. The van der Waals surface area contributed by atoms with E-state index in [0.717, 1.165) is 11.4 Å². The van der Waals surface area contributed by atoms with Gasteiger partial charge in [-0.15, -0.1) is 0 Å². The summed E-state index contributed by atoms with van der Waals surface area (Å²) in [5, 5.41) is 11.7. The molecule has 0 saturated carbocycles. The Morgan fingerprint density at radius 2 is 1.73 bits per heavy atom. The summed E-state index contributed by atoms with van der Waals surface area (Å²) in [5.74, 6) is 0.285. The van der Waals surface area contributed by atoms with Crippen molar-refractivity contribution in [1.29, 1.82) is 5.26 Å². The van der Waals surface area contributed by atoms with Gasteiger partial charge in [0.15, 0.2) is 0 Å². The highest BCUT2D eigenvalue weighted by Gasteiger charge is 2.08. The van der Waals surface area contributed by atoms with Gasteiger partial charge in [0.25, 0.3) is 5.91 Å². The monoisotopic (exact) mass is 344 g/mol. The third-order valence-electron chi connectivity index (χ3n) is 3.54. The van der Waals surface area contributed by atoms with Crippen molar-refractivity contribution in [2.75, 3.05) is 5.32 Å². The van der Waals surface area contributed by atoms with Crippen LogP contribution in [0.2, 0.25) is 0 Å². The summed E-state index contributed by atoms with van der Waals surface area (Å²) < 4.78 is 5.64. The van der Waals surface area contributed by atoms with Gasteiger partial charge in [-0.1, -0.05) is 6.07 Å². The van der Waals surface area contributed by atoms with Crippen molar-refractivity contribution in [3.8, 4) is 17.8 Å². The van der Waals surface area contributed by atoms with Gasteiger partial charge in [0.2, 0.25) is 0 Å². The molecule has 3 aromatic rings. The lowest BCUT2D eigenvalue weighted by Crippen LogP contribution is -2.11. The quantitative estimate of drug-likeness (QED) is 0.772. The number of carbonyl (C=O) groups is 1. The minimum absolute atomic E-state index is 0.284. The summed E-state index contributed by atoms with van der Waals surface area (Å²) >= 11 is 0. The van der Waals surface area contributed by atoms with E-state index in [0.29, 0.717) is 22.6 Å². The first-order valence-electron chi connectivity index (χ1n) is 7.95. The zero-order valence-corrected chi connectivity index (χ0v) is 14.4. The van der Waals surface area contributed by atoms with E-state index in [1.807, 2.05) is 26.0 Å². The molecule has 0 radical (unpaired) electrons. The number of nitriles is 1. The van der Waals surface area contributed by atoms with E-state index in [4.69, 9.17) is 10.00 Å². The van der Waals surface area contributed by atoms with Crippen LogP contribution in [0.4, 0.5) is 5.69 Å². The van der Waals surface area contributed by atoms with Crippen molar-refractivity contribution < 1.29 is 9.53 Å². The van der Waals surface area contributed by atoms with E-state index in [1.165, 1.54) is 0 Å². The Labute approximate surface area is 151 Å². The van der Waals surface area contributed by atoms with Gasteiger partial charge in [0.1, 0.15) is 5.75 Å². The summed E-state index contributed by atoms with van der Waals surface area (Å²) in [5.41, 5.74) is 3.14. The Morgan fingerprint density at radius 3 is 2.38 bits per heavy atom. The van der Waals surface area contributed by atoms with Gasteiger partial charge in [-0.25, -0.2) is 9.97 Å². The van der Waals surface area contributed by atoms with Crippen molar-refractivity contribution in [3.05, 3.63) is 77.1 Å². The molecule has 0 bridgehead atoms. The SMILES string of the molecule is Cc1cc(C)nc(Oc2ccc(NC(=O)c3cccc(C#N)c3)cc2)n1. The molecule has 0 aliphatic rings. The number of anilines is 1. The van der Waals surface area contributed by atoms with Crippen LogP contribution in [0.1, 0.15) is 27.3 Å². The first-order valence-corrected chi connectivity index (χ1v) is 7.95. The smallest absolute Gasteiger partial charge is 0.322 e. The number of benzene rings is 2. The molecule has 0 unspecified atom stereocenters. The fourth-order valence-electron chi connectivity index (χ4n) is 2.38. The molecule has 128 valence electrons. The number of nitrogens with one attached hydrogen (secondary N) is 1. The van der Waals surface area contributed by atoms with Crippen molar-refractivity contribution in [3.63, 3.8) is 0 Å². The lowest BCUT2D eigenvalue weighted by atomic mass is 10.1. The molecule has 0 spiro atoms. The zero-order chi connectivity index (χ0) is 18.5. The Morgan fingerprint density at radius 1 is 1.04 bits per heavy atom. The summed E-state index contributed by atoms with van der Waals surface area (Å²) in [6, 6.07) is 17.6. The molecular weight excluding hydrogens is 328 g/mol. The van der Waals surface area contributed by atoms with Crippen LogP contribution in [0.5, 0.6) is 11.8 Å². The van der Waals surface area contributed by atoms with Crippen molar-refractivity contribution in [2.24, 2.45) is 0 Å². The average molecular weight is 344 g/mol. The van der Waals surface area contributed by atoms with Gasteiger partial charge in [0.05, 0.1) is 11.6 Å². The topological polar surface area (TPSA) is 87.9 Å². The van der Waals surface area contributed by atoms with Gasteiger partial charge in [0, 0.05) is 22.6 Å². The van der Waals surface area contributed by atoms with E-state index < -0.39 is 0 Å². The molecule has 26 heavy (non-hydrogen) atoms. The van der Waals surface area contributed by atoms with E-state index >= 15 is 0 Å². The Hall–Kier alpha value is -3.72. The third-order valence-corrected chi connectivity index (χ3v) is 3.54. The third kappa shape index (κ3) is 4.22.